The number of nitrogens with zero attached hydrogens (tertiary/aromatic N) is 2. The molecule has 29 heavy (non-hydrogen) atoms. The van der Waals surface area contributed by atoms with Crippen LogP contribution in [0.3, 0.4) is 0 Å². The predicted molar refractivity (Wildman–Crippen MR) is 119 cm³/mol. The Morgan fingerprint density at radius 2 is 1.93 bits per heavy atom. The van der Waals surface area contributed by atoms with Crippen LogP contribution >= 0.6 is 23.1 Å². The Morgan fingerprint density at radius 3 is 2.55 bits per heavy atom. The second-order valence-electron chi connectivity index (χ2n) is 6.31. The first-order valence-electron chi connectivity index (χ1n) is 8.97. The van der Waals surface area contributed by atoms with Crippen LogP contribution < -0.4 is 9.54 Å². The summed E-state index contributed by atoms with van der Waals surface area (Å²) in [5.74, 6) is 1.27. The van der Waals surface area contributed by atoms with Crippen LogP contribution in [0.2, 0.25) is 0 Å². The van der Waals surface area contributed by atoms with Crippen LogP contribution in [-0.2, 0) is 16.4 Å². The zero-order valence-electron chi connectivity index (χ0n) is 16.4. The van der Waals surface area contributed by atoms with E-state index < -0.39 is 15.7 Å². The van der Waals surface area contributed by atoms with E-state index in [2.05, 4.69) is 4.99 Å². The number of benzene rings is 2. The molecule has 1 aromatic heterocycles. The van der Waals surface area contributed by atoms with E-state index in [9.17, 15) is 13.2 Å². The molecule has 0 unspecified atom stereocenters. The molecule has 3 rings (SSSR count). The van der Waals surface area contributed by atoms with Crippen LogP contribution in [0, 0.1) is 0 Å². The van der Waals surface area contributed by atoms with Gasteiger partial charge in [0.2, 0.25) is 0 Å². The summed E-state index contributed by atoms with van der Waals surface area (Å²) < 4.78 is 31.8. The molecule has 1 amide bonds. The Balaban J connectivity index is 2.03. The lowest BCUT2D eigenvalue weighted by molar-refractivity contribution is 0.0997. The van der Waals surface area contributed by atoms with Gasteiger partial charge in [0.25, 0.3) is 5.91 Å². The van der Waals surface area contributed by atoms with Crippen molar-refractivity contribution in [3.63, 3.8) is 0 Å². The summed E-state index contributed by atoms with van der Waals surface area (Å²) in [6, 6.07) is 11.7. The van der Waals surface area contributed by atoms with Gasteiger partial charge in [-0.3, -0.25) is 4.79 Å². The first-order valence-corrected chi connectivity index (χ1v) is 13.1. The molecule has 154 valence electrons. The van der Waals surface area contributed by atoms with Crippen LogP contribution in [0.5, 0.6) is 5.75 Å². The number of rotatable bonds is 7. The number of thiazole rings is 1. The Labute approximate surface area is 178 Å². The SMILES string of the molecule is CCOc1ccc2c(c1)sc(=NC(=O)c1ccc(S(C)(=O)=O)cc1)n2CCSC. The quantitative estimate of drug-likeness (QED) is 0.550. The van der Waals surface area contributed by atoms with E-state index in [1.165, 1.54) is 35.6 Å². The summed E-state index contributed by atoms with van der Waals surface area (Å²) in [5, 5.41) is 0. The third kappa shape index (κ3) is 5.09. The number of sulfone groups is 1. The lowest BCUT2D eigenvalue weighted by Gasteiger charge is -2.05. The van der Waals surface area contributed by atoms with Crippen LogP contribution in [0.1, 0.15) is 17.3 Å². The highest BCUT2D eigenvalue weighted by molar-refractivity contribution is 7.98. The van der Waals surface area contributed by atoms with Crippen LogP contribution in [-0.4, -0.2) is 43.8 Å². The zero-order chi connectivity index (χ0) is 21.0. The van der Waals surface area contributed by atoms with Gasteiger partial charge < -0.3 is 9.30 Å². The molecule has 1 heterocycles. The highest BCUT2D eigenvalue weighted by atomic mass is 32.2. The van der Waals surface area contributed by atoms with Crippen molar-refractivity contribution in [3.05, 3.63) is 52.8 Å². The second kappa shape index (κ2) is 9.15. The number of aromatic nitrogens is 1. The van der Waals surface area contributed by atoms with Gasteiger partial charge in [-0.1, -0.05) is 11.3 Å². The summed E-state index contributed by atoms with van der Waals surface area (Å²) in [5.41, 5.74) is 1.35. The van der Waals surface area contributed by atoms with E-state index >= 15 is 0 Å². The Bertz CT molecular complexity index is 1190. The van der Waals surface area contributed by atoms with Crippen molar-refractivity contribution < 1.29 is 17.9 Å². The molecular weight excluding hydrogens is 428 g/mol. The van der Waals surface area contributed by atoms with Gasteiger partial charge in [0.05, 0.1) is 21.7 Å². The molecule has 2 aromatic carbocycles. The van der Waals surface area contributed by atoms with Gasteiger partial charge in [0.1, 0.15) is 5.75 Å². The fourth-order valence-corrected chi connectivity index (χ4v) is 4.87. The lowest BCUT2D eigenvalue weighted by atomic mass is 10.2. The van der Waals surface area contributed by atoms with Crippen molar-refractivity contribution in [1.82, 2.24) is 4.57 Å². The summed E-state index contributed by atoms with van der Waals surface area (Å²) >= 11 is 3.16. The molecule has 0 aliphatic heterocycles. The fourth-order valence-electron chi connectivity index (χ4n) is 2.79. The topological polar surface area (TPSA) is 77.7 Å². The van der Waals surface area contributed by atoms with Gasteiger partial charge >= 0.3 is 0 Å². The van der Waals surface area contributed by atoms with Crippen LogP contribution in [0.25, 0.3) is 10.2 Å². The van der Waals surface area contributed by atoms with Crippen molar-refractivity contribution in [2.45, 2.75) is 18.4 Å². The van der Waals surface area contributed by atoms with Gasteiger partial charge in [0.15, 0.2) is 14.6 Å². The van der Waals surface area contributed by atoms with Gasteiger partial charge in [-0.2, -0.15) is 16.8 Å². The molecule has 0 aliphatic rings. The van der Waals surface area contributed by atoms with Gasteiger partial charge in [0, 0.05) is 24.1 Å². The van der Waals surface area contributed by atoms with Gasteiger partial charge in [-0.05, 0) is 55.6 Å². The van der Waals surface area contributed by atoms with Crippen molar-refractivity contribution >= 4 is 49.1 Å². The summed E-state index contributed by atoms with van der Waals surface area (Å²) in [4.78, 5) is 17.8. The van der Waals surface area contributed by atoms with E-state index in [0.29, 0.717) is 17.0 Å². The third-order valence-electron chi connectivity index (χ3n) is 4.21. The van der Waals surface area contributed by atoms with Gasteiger partial charge in [-0.15, -0.1) is 0 Å². The molecule has 0 fully saturated rings. The maximum atomic E-state index is 12.7. The van der Waals surface area contributed by atoms with E-state index in [1.807, 2.05) is 35.9 Å². The summed E-state index contributed by atoms with van der Waals surface area (Å²) in [7, 11) is -3.31. The number of amides is 1. The number of hydrogen-bond acceptors (Lipinski definition) is 6. The minimum atomic E-state index is -3.31. The lowest BCUT2D eigenvalue weighted by Crippen LogP contribution is -2.18. The minimum absolute atomic E-state index is 0.175. The first-order chi connectivity index (χ1) is 13.8. The van der Waals surface area contributed by atoms with Crippen molar-refractivity contribution in [2.24, 2.45) is 4.99 Å². The number of hydrogen-bond donors (Lipinski definition) is 0. The normalized spacial score (nSPS) is 12.4. The molecule has 0 radical (unpaired) electrons. The minimum Gasteiger partial charge on any atom is -0.494 e. The molecule has 0 saturated heterocycles. The Kier molecular flexibility index (Phi) is 6.81. The first kappa shape index (κ1) is 21.6. The average Bonchev–Trinajstić information content (AvgIpc) is 3.02. The van der Waals surface area contributed by atoms with E-state index in [-0.39, 0.29) is 4.90 Å². The third-order valence-corrected chi connectivity index (χ3v) is 6.97. The van der Waals surface area contributed by atoms with Crippen molar-refractivity contribution in [3.8, 4) is 5.75 Å². The van der Waals surface area contributed by atoms with Crippen LogP contribution in [0.4, 0.5) is 0 Å². The molecule has 0 spiro atoms. The maximum absolute atomic E-state index is 12.7. The Morgan fingerprint density at radius 1 is 1.21 bits per heavy atom. The number of thioether (sulfide) groups is 1. The smallest absolute Gasteiger partial charge is 0.279 e. The summed E-state index contributed by atoms with van der Waals surface area (Å²) in [6.45, 7) is 3.25. The largest absolute Gasteiger partial charge is 0.494 e. The molecule has 3 aromatic rings. The number of aryl methyl sites for hydroxylation is 1. The monoisotopic (exact) mass is 450 g/mol. The molecular formula is C20H22N2O4S3. The molecule has 0 N–H and O–H groups in total. The summed E-state index contributed by atoms with van der Waals surface area (Å²) in [6.07, 6.45) is 3.17. The molecule has 0 atom stereocenters. The number of carbonyl (C=O) groups excluding carboxylic acids is 1. The molecule has 0 aliphatic carbocycles. The van der Waals surface area contributed by atoms with E-state index in [0.717, 1.165) is 34.5 Å². The van der Waals surface area contributed by atoms with Gasteiger partial charge in [-0.25, -0.2) is 8.42 Å². The number of ether oxygens (including phenoxy) is 1. The second-order valence-corrected chi connectivity index (χ2v) is 10.3. The Hall–Kier alpha value is -2.10. The number of fused-ring (bicyclic) bond motifs is 1. The van der Waals surface area contributed by atoms with Crippen molar-refractivity contribution in [2.75, 3.05) is 24.9 Å². The number of carbonyl (C=O) groups is 1. The molecule has 0 saturated carbocycles. The van der Waals surface area contributed by atoms with E-state index in [4.69, 9.17) is 4.74 Å². The fraction of sp³-hybridized carbons (Fsp3) is 0.300. The molecule has 6 nitrogen and oxygen atoms in total. The zero-order valence-corrected chi connectivity index (χ0v) is 18.9. The highest BCUT2D eigenvalue weighted by Crippen LogP contribution is 2.24. The maximum Gasteiger partial charge on any atom is 0.279 e. The highest BCUT2D eigenvalue weighted by Gasteiger charge is 2.12. The molecule has 0 bridgehead atoms. The predicted octanol–water partition coefficient (Wildman–Crippen LogP) is 3.61. The average molecular weight is 451 g/mol. The van der Waals surface area contributed by atoms with Crippen molar-refractivity contribution in [1.29, 1.82) is 0 Å². The van der Waals surface area contributed by atoms with E-state index in [1.54, 1.807) is 11.8 Å². The molecule has 9 heteroatoms. The standard InChI is InChI=1S/C20H22N2O4S3/c1-4-26-15-7-10-17-18(13-15)28-20(22(17)11-12-27-2)21-19(23)14-5-8-16(9-6-14)29(3,24)25/h5-10,13H,4,11-12H2,1-3H3. The van der Waals surface area contributed by atoms with Crippen LogP contribution in [0.15, 0.2) is 52.4 Å².